The van der Waals surface area contributed by atoms with Crippen LogP contribution in [0.3, 0.4) is 0 Å². The number of aromatic nitrogens is 2. The number of carbonyl (C=O) groups is 1. The van der Waals surface area contributed by atoms with E-state index in [9.17, 15) is 13.6 Å². The van der Waals surface area contributed by atoms with Crippen molar-refractivity contribution in [3.63, 3.8) is 0 Å². The third-order valence-electron chi connectivity index (χ3n) is 3.45. The number of H-pyrrole nitrogens is 1. The Labute approximate surface area is 113 Å². The number of hydrogen-bond acceptors (Lipinski definition) is 3. The molecule has 2 heterocycles. The molecule has 1 aromatic carbocycles. The van der Waals surface area contributed by atoms with Crippen LogP contribution in [0.25, 0.3) is 0 Å². The summed E-state index contributed by atoms with van der Waals surface area (Å²) in [5.41, 5.74) is 7.33. The second kappa shape index (κ2) is 4.38. The lowest BCUT2D eigenvalue weighted by Crippen LogP contribution is -2.31. The Hall–Kier alpha value is -2.28. The molecule has 3 N–H and O–H groups in total. The van der Waals surface area contributed by atoms with E-state index in [0.29, 0.717) is 5.69 Å². The molecule has 0 aliphatic carbocycles. The first-order valence-corrected chi connectivity index (χ1v) is 6.03. The topological polar surface area (TPSA) is 75.0 Å². The summed E-state index contributed by atoms with van der Waals surface area (Å²) in [5.74, 6) is -2.01. The molecule has 1 aliphatic rings. The average molecular weight is 278 g/mol. The molecule has 0 saturated carbocycles. The number of nitrogens with one attached hydrogen (secondary N) is 1. The van der Waals surface area contributed by atoms with Crippen molar-refractivity contribution in [3.05, 3.63) is 47.0 Å². The molecule has 1 unspecified atom stereocenters. The summed E-state index contributed by atoms with van der Waals surface area (Å²) < 4.78 is 27.2. The van der Waals surface area contributed by atoms with Crippen molar-refractivity contribution in [2.75, 3.05) is 4.90 Å². The number of nitrogens with two attached hydrogens (primary N) is 1. The number of rotatable bonds is 2. The molecule has 1 aromatic heterocycles. The van der Waals surface area contributed by atoms with Crippen LogP contribution in [0.1, 0.15) is 23.0 Å². The number of aryl methyl sites for hydroxylation is 1. The summed E-state index contributed by atoms with van der Waals surface area (Å²) in [6, 6.07) is 0.741. The molecule has 0 spiro atoms. The molecule has 1 atom stereocenters. The van der Waals surface area contributed by atoms with E-state index < -0.39 is 23.6 Å². The second-order valence-electron chi connectivity index (χ2n) is 4.70. The highest BCUT2D eigenvalue weighted by Gasteiger charge is 2.38. The van der Waals surface area contributed by atoms with Crippen LogP contribution >= 0.6 is 0 Å². The fraction of sp³-hybridized carbons (Fsp3) is 0.231. The molecule has 2 aromatic rings. The van der Waals surface area contributed by atoms with Gasteiger partial charge in [-0.2, -0.15) is 0 Å². The molecule has 0 radical (unpaired) electrons. The molecule has 3 rings (SSSR count). The quantitative estimate of drug-likeness (QED) is 0.875. The van der Waals surface area contributed by atoms with E-state index in [1.54, 1.807) is 6.92 Å². The molecular formula is C13H12F2N4O. The van der Waals surface area contributed by atoms with Crippen molar-refractivity contribution in [2.24, 2.45) is 5.73 Å². The van der Waals surface area contributed by atoms with E-state index in [0.717, 1.165) is 17.8 Å². The first-order chi connectivity index (χ1) is 9.49. The van der Waals surface area contributed by atoms with Crippen LogP contribution in [0, 0.1) is 18.6 Å². The fourth-order valence-corrected chi connectivity index (χ4v) is 2.37. The summed E-state index contributed by atoms with van der Waals surface area (Å²) in [5, 5.41) is 0. The van der Waals surface area contributed by atoms with E-state index in [-0.39, 0.29) is 17.8 Å². The number of benzene rings is 1. The maximum Gasteiger partial charge on any atom is 0.249 e. The van der Waals surface area contributed by atoms with Crippen molar-refractivity contribution in [1.82, 2.24) is 9.97 Å². The van der Waals surface area contributed by atoms with Gasteiger partial charge in [-0.1, -0.05) is 0 Å². The van der Waals surface area contributed by atoms with Gasteiger partial charge in [-0.3, -0.25) is 4.79 Å². The Bertz CT molecular complexity index is 698. The van der Waals surface area contributed by atoms with E-state index in [2.05, 4.69) is 9.97 Å². The molecule has 0 bridgehead atoms. The van der Waals surface area contributed by atoms with Crippen molar-refractivity contribution in [2.45, 2.75) is 19.5 Å². The number of amides is 1. The van der Waals surface area contributed by atoms with Crippen molar-refractivity contribution < 1.29 is 13.6 Å². The highest BCUT2D eigenvalue weighted by atomic mass is 19.1. The maximum absolute atomic E-state index is 13.8. The number of carbonyl (C=O) groups excluding carboxylic acids is 1. The van der Waals surface area contributed by atoms with Crippen molar-refractivity contribution >= 4 is 11.6 Å². The minimum atomic E-state index is -1.11. The van der Waals surface area contributed by atoms with Gasteiger partial charge in [0.05, 0.1) is 24.3 Å². The summed E-state index contributed by atoms with van der Waals surface area (Å²) in [7, 11) is 0. The number of fused-ring (bicyclic) bond motifs is 1. The lowest BCUT2D eigenvalue weighted by Gasteiger charge is -2.16. The minimum Gasteiger partial charge on any atom is -0.348 e. The standard InChI is InChI=1S/C13H12F2N4O/c1-6-9(18-5-17-6)4-19-10-3-7(14)2-8(15)11(10)12(16)13(19)20/h2-3,5,12H,4,16H2,1H3,(H,17,18). The van der Waals surface area contributed by atoms with Gasteiger partial charge in [0.25, 0.3) is 0 Å². The third kappa shape index (κ3) is 1.78. The van der Waals surface area contributed by atoms with Gasteiger partial charge >= 0.3 is 0 Å². The van der Waals surface area contributed by atoms with Gasteiger partial charge in [0, 0.05) is 17.3 Å². The van der Waals surface area contributed by atoms with E-state index >= 15 is 0 Å². The van der Waals surface area contributed by atoms with Gasteiger partial charge in [0.2, 0.25) is 5.91 Å². The lowest BCUT2D eigenvalue weighted by molar-refractivity contribution is -0.119. The highest BCUT2D eigenvalue weighted by molar-refractivity contribution is 6.04. The highest BCUT2D eigenvalue weighted by Crippen LogP contribution is 2.37. The Balaban J connectivity index is 2.06. The van der Waals surface area contributed by atoms with Gasteiger partial charge in [-0.15, -0.1) is 0 Å². The lowest BCUT2D eigenvalue weighted by atomic mass is 10.1. The number of hydrogen-bond donors (Lipinski definition) is 2. The molecule has 1 aliphatic heterocycles. The molecule has 7 heteroatoms. The molecule has 0 fully saturated rings. The minimum absolute atomic E-state index is 0.0320. The number of imidazole rings is 1. The average Bonchev–Trinajstić information content (AvgIpc) is 2.87. The predicted octanol–water partition coefficient (Wildman–Crippen LogP) is 1.54. The summed E-state index contributed by atoms with van der Waals surface area (Å²) in [6.07, 6.45) is 1.50. The number of nitrogens with zero attached hydrogens (tertiary/aromatic N) is 2. The first-order valence-electron chi connectivity index (χ1n) is 6.03. The van der Waals surface area contributed by atoms with Crippen LogP contribution in [-0.2, 0) is 11.3 Å². The maximum atomic E-state index is 13.8. The van der Waals surface area contributed by atoms with Crippen molar-refractivity contribution in [1.29, 1.82) is 0 Å². The zero-order chi connectivity index (χ0) is 14.4. The van der Waals surface area contributed by atoms with Crippen LogP contribution in [0.15, 0.2) is 18.5 Å². The summed E-state index contributed by atoms with van der Waals surface area (Å²) >= 11 is 0. The molecule has 104 valence electrons. The summed E-state index contributed by atoms with van der Waals surface area (Å²) in [6.45, 7) is 1.92. The van der Waals surface area contributed by atoms with Gasteiger partial charge in [0.1, 0.15) is 17.7 Å². The molecule has 0 saturated heterocycles. The van der Waals surface area contributed by atoms with Gasteiger partial charge in [-0.05, 0) is 13.0 Å². The van der Waals surface area contributed by atoms with Gasteiger partial charge < -0.3 is 15.6 Å². The van der Waals surface area contributed by atoms with E-state index in [1.165, 1.54) is 11.2 Å². The smallest absolute Gasteiger partial charge is 0.249 e. The van der Waals surface area contributed by atoms with Gasteiger partial charge in [-0.25, -0.2) is 13.8 Å². The molecule has 20 heavy (non-hydrogen) atoms. The second-order valence-corrected chi connectivity index (χ2v) is 4.70. The Kier molecular flexibility index (Phi) is 2.79. The van der Waals surface area contributed by atoms with Crippen molar-refractivity contribution in [3.8, 4) is 0 Å². The fourth-order valence-electron chi connectivity index (χ4n) is 2.37. The SMILES string of the molecule is Cc1[nH]cnc1CN1C(=O)C(N)c2c(F)cc(F)cc21. The number of aromatic amines is 1. The number of anilines is 1. The third-order valence-corrected chi connectivity index (χ3v) is 3.45. The molecular weight excluding hydrogens is 266 g/mol. The van der Waals surface area contributed by atoms with Crippen LogP contribution in [0.5, 0.6) is 0 Å². The Morgan fingerprint density at radius 3 is 2.85 bits per heavy atom. The van der Waals surface area contributed by atoms with E-state index in [4.69, 9.17) is 5.73 Å². The van der Waals surface area contributed by atoms with Crippen LogP contribution in [0.4, 0.5) is 14.5 Å². The molecule has 5 nitrogen and oxygen atoms in total. The zero-order valence-corrected chi connectivity index (χ0v) is 10.7. The number of halogens is 2. The largest absolute Gasteiger partial charge is 0.348 e. The zero-order valence-electron chi connectivity index (χ0n) is 10.7. The van der Waals surface area contributed by atoms with Crippen LogP contribution in [0.2, 0.25) is 0 Å². The normalized spacial score (nSPS) is 17.7. The monoisotopic (exact) mass is 278 g/mol. The Morgan fingerprint density at radius 1 is 1.45 bits per heavy atom. The van der Waals surface area contributed by atoms with Crippen LogP contribution in [-0.4, -0.2) is 15.9 Å². The predicted molar refractivity (Wildman–Crippen MR) is 67.8 cm³/mol. The van der Waals surface area contributed by atoms with Crippen LogP contribution < -0.4 is 10.6 Å². The molecule has 1 amide bonds. The van der Waals surface area contributed by atoms with Gasteiger partial charge in [0.15, 0.2) is 0 Å². The first kappa shape index (κ1) is 12.7. The van der Waals surface area contributed by atoms with E-state index in [1.807, 2.05) is 0 Å². The Morgan fingerprint density at radius 2 is 2.20 bits per heavy atom. The summed E-state index contributed by atoms with van der Waals surface area (Å²) in [4.78, 5) is 20.4.